The maximum Gasteiger partial charge on any atom is 0.290 e. The van der Waals surface area contributed by atoms with Crippen LogP contribution in [0.2, 0.25) is 0 Å². The van der Waals surface area contributed by atoms with Crippen LogP contribution < -0.4 is 0 Å². The van der Waals surface area contributed by atoms with Gasteiger partial charge in [-0.15, -0.1) is 0 Å². The van der Waals surface area contributed by atoms with Crippen molar-refractivity contribution in [2.24, 2.45) is 10.9 Å². The zero-order valence-corrected chi connectivity index (χ0v) is 14.6. The van der Waals surface area contributed by atoms with Crippen LogP contribution in [0.25, 0.3) is 10.9 Å². The Labute approximate surface area is 149 Å². The number of aliphatic imine (C=N–C) groups is 1. The second-order valence-corrected chi connectivity index (χ2v) is 6.39. The van der Waals surface area contributed by atoms with Gasteiger partial charge in [0.05, 0.1) is 29.1 Å². The third-order valence-corrected chi connectivity index (χ3v) is 4.82. The molecule has 0 aliphatic carbocycles. The number of allylic oxidation sites excluding steroid dienone is 2. The number of rotatable bonds is 3. The summed E-state index contributed by atoms with van der Waals surface area (Å²) in [5.41, 5.74) is 1.82. The monoisotopic (exact) mass is 353 g/mol. The Morgan fingerprint density at radius 1 is 1.27 bits per heavy atom. The molecule has 0 spiro atoms. The number of H-pyrrole nitrogens is 1. The average Bonchev–Trinajstić information content (AvgIpc) is 3.01. The van der Waals surface area contributed by atoms with Crippen LogP contribution >= 0.6 is 0 Å². The van der Waals surface area contributed by atoms with Crippen LogP contribution in [-0.2, 0) is 0 Å². The molecule has 1 N–H and O–H groups in total. The molecule has 0 fully saturated rings. The first-order valence-corrected chi connectivity index (χ1v) is 8.26. The van der Waals surface area contributed by atoms with Crippen molar-refractivity contribution in [2.75, 3.05) is 0 Å². The summed E-state index contributed by atoms with van der Waals surface area (Å²) in [6.07, 6.45) is -0.464. The Morgan fingerprint density at radius 2 is 2.00 bits per heavy atom. The molecule has 132 valence electrons. The SMILES string of the molecule is CCC(F)(F)C1=C(C#N)C(c2ccc3n[nH]c(C)c3c2)C(C#N)C(C)=N1. The molecule has 7 heteroatoms. The maximum absolute atomic E-state index is 14.4. The molecule has 0 saturated carbocycles. The number of nitrogens with zero attached hydrogens (tertiary/aromatic N) is 4. The molecule has 0 amide bonds. The van der Waals surface area contributed by atoms with Crippen molar-refractivity contribution in [1.29, 1.82) is 10.5 Å². The van der Waals surface area contributed by atoms with Gasteiger partial charge in [0.25, 0.3) is 5.92 Å². The van der Waals surface area contributed by atoms with Crippen LogP contribution in [0.4, 0.5) is 8.78 Å². The standard InChI is InChI=1S/C19H17F2N5/c1-4-19(20,21)18-15(9-23)17(14(8-22)10(2)24-18)12-5-6-16-13(7-12)11(3)25-26-16/h5-7,14,17H,4H2,1-3H3,(H,25,26). The van der Waals surface area contributed by atoms with E-state index in [9.17, 15) is 19.3 Å². The smallest absolute Gasteiger partial charge is 0.282 e. The maximum atomic E-state index is 14.4. The molecule has 3 rings (SSSR count). The van der Waals surface area contributed by atoms with E-state index in [1.165, 1.54) is 6.92 Å². The normalized spacial score (nSPS) is 20.7. The Kier molecular flexibility index (Phi) is 4.33. The third kappa shape index (κ3) is 2.66. The number of nitrogens with one attached hydrogen (secondary N) is 1. The van der Waals surface area contributed by atoms with Gasteiger partial charge in [-0.1, -0.05) is 13.0 Å². The topological polar surface area (TPSA) is 88.6 Å². The predicted octanol–water partition coefficient (Wildman–Crippen LogP) is 4.39. The Balaban J connectivity index is 2.27. The zero-order valence-electron chi connectivity index (χ0n) is 14.6. The minimum absolute atomic E-state index is 0.144. The summed E-state index contributed by atoms with van der Waals surface area (Å²) in [6.45, 7) is 4.76. The second kappa shape index (κ2) is 6.34. The molecule has 2 aromatic rings. The van der Waals surface area contributed by atoms with Gasteiger partial charge in [-0.2, -0.15) is 24.4 Å². The van der Waals surface area contributed by atoms with Crippen molar-refractivity contribution in [3.05, 3.63) is 40.7 Å². The van der Waals surface area contributed by atoms with Crippen LogP contribution in [0.15, 0.2) is 34.5 Å². The lowest BCUT2D eigenvalue weighted by molar-refractivity contribution is 0.0346. The average molecular weight is 353 g/mol. The molecule has 2 heterocycles. The number of fused-ring (bicyclic) bond motifs is 1. The number of nitriles is 2. The fourth-order valence-corrected chi connectivity index (χ4v) is 3.31. The fraction of sp³-hybridized carbons (Fsp3) is 0.368. The zero-order chi connectivity index (χ0) is 19.1. The van der Waals surface area contributed by atoms with Crippen LogP contribution in [0.3, 0.4) is 0 Å². The number of alkyl halides is 2. The minimum atomic E-state index is -3.22. The molecule has 2 unspecified atom stereocenters. The summed E-state index contributed by atoms with van der Waals surface area (Å²) in [5.74, 6) is -4.78. The van der Waals surface area contributed by atoms with E-state index in [1.54, 1.807) is 25.1 Å². The Bertz CT molecular complexity index is 1020. The van der Waals surface area contributed by atoms with Gasteiger partial charge in [0, 0.05) is 29.1 Å². The molecule has 1 aromatic heterocycles. The summed E-state index contributed by atoms with van der Waals surface area (Å²) in [7, 11) is 0. The lowest BCUT2D eigenvalue weighted by atomic mass is 9.75. The molecule has 0 saturated heterocycles. The first-order valence-electron chi connectivity index (χ1n) is 8.26. The van der Waals surface area contributed by atoms with Crippen molar-refractivity contribution < 1.29 is 8.78 Å². The molecular weight excluding hydrogens is 336 g/mol. The summed E-state index contributed by atoms with van der Waals surface area (Å²) < 4.78 is 28.8. The molecular formula is C19H17F2N5. The molecule has 1 aliphatic rings. The molecule has 2 atom stereocenters. The lowest BCUT2D eigenvalue weighted by Gasteiger charge is -2.30. The van der Waals surface area contributed by atoms with Crippen molar-refractivity contribution in [3.8, 4) is 12.1 Å². The summed E-state index contributed by atoms with van der Waals surface area (Å²) in [4.78, 5) is 3.96. The van der Waals surface area contributed by atoms with Crippen molar-refractivity contribution in [3.63, 3.8) is 0 Å². The van der Waals surface area contributed by atoms with Gasteiger partial charge in [0.1, 0.15) is 5.70 Å². The Hall–Kier alpha value is -3.06. The first kappa shape index (κ1) is 17.8. The van der Waals surface area contributed by atoms with Gasteiger partial charge in [0.15, 0.2) is 0 Å². The van der Waals surface area contributed by atoms with Crippen molar-refractivity contribution >= 4 is 16.6 Å². The second-order valence-electron chi connectivity index (χ2n) is 6.39. The Morgan fingerprint density at radius 3 is 2.62 bits per heavy atom. The van der Waals surface area contributed by atoms with Crippen LogP contribution in [0, 0.1) is 35.5 Å². The van der Waals surface area contributed by atoms with Gasteiger partial charge in [0.2, 0.25) is 0 Å². The number of benzene rings is 1. The largest absolute Gasteiger partial charge is 0.290 e. The number of hydrogen-bond donors (Lipinski definition) is 1. The number of hydrogen-bond acceptors (Lipinski definition) is 4. The highest BCUT2D eigenvalue weighted by Gasteiger charge is 2.43. The number of aryl methyl sites for hydroxylation is 1. The summed E-state index contributed by atoms with van der Waals surface area (Å²) in [5, 5.41) is 27.1. The summed E-state index contributed by atoms with van der Waals surface area (Å²) in [6, 6.07) is 9.33. The van der Waals surface area contributed by atoms with E-state index in [4.69, 9.17) is 0 Å². The molecule has 0 radical (unpaired) electrons. The lowest BCUT2D eigenvalue weighted by Crippen LogP contribution is -2.30. The van der Waals surface area contributed by atoms with Gasteiger partial charge in [-0.3, -0.25) is 10.1 Å². The van der Waals surface area contributed by atoms with Crippen molar-refractivity contribution in [2.45, 2.75) is 39.0 Å². The minimum Gasteiger partial charge on any atom is -0.282 e. The molecule has 1 aromatic carbocycles. The van der Waals surface area contributed by atoms with Gasteiger partial charge in [-0.25, -0.2) is 0 Å². The number of aromatic nitrogens is 2. The molecule has 26 heavy (non-hydrogen) atoms. The van der Waals surface area contributed by atoms with E-state index < -0.39 is 29.9 Å². The fourth-order valence-electron chi connectivity index (χ4n) is 3.31. The highest BCUT2D eigenvalue weighted by atomic mass is 19.3. The highest BCUT2D eigenvalue weighted by molar-refractivity contribution is 5.91. The van der Waals surface area contributed by atoms with Crippen LogP contribution in [0.5, 0.6) is 0 Å². The molecule has 0 bridgehead atoms. The number of halogens is 2. The van der Waals surface area contributed by atoms with E-state index in [1.807, 2.05) is 13.0 Å². The van der Waals surface area contributed by atoms with Gasteiger partial charge in [-0.05, 0) is 31.5 Å². The molecule has 1 aliphatic heterocycles. The van der Waals surface area contributed by atoms with Crippen LogP contribution in [0.1, 0.15) is 37.4 Å². The quantitative estimate of drug-likeness (QED) is 0.887. The van der Waals surface area contributed by atoms with E-state index >= 15 is 0 Å². The van der Waals surface area contributed by atoms with E-state index in [0.29, 0.717) is 11.3 Å². The van der Waals surface area contributed by atoms with Gasteiger partial charge < -0.3 is 0 Å². The summed E-state index contributed by atoms with van der Waals surface area (Å²) >= 11 is 0. The van der Waals surface area contributed by atoms with Crippen molar-refractivity contribution in [1.82, 2.24) is 10.2 Å². The third-order valence-electron chi connectivity index (χ3n) is 4.82. The predicted molar refractivity (Wildman–Crippen MR) is 93.7 cm³/mol. The highest BCUT2D eigenvalue weighted by Crippen LogP contribution is 2.44. The van der Waals surface area contributed by atoms with Crippen LogP contribution in [-0.4, -0.2) is 21.8 Å². The first-order chi connectivity index (χ1) is 12.3. The van der Waals surface area contributed by atoms with Gasteiger partial charge >= 0.3 is 0 Å². The number of aromatic amines is 1. The van der Waals surface area contributed by atoms with E-state index in [-0.39, 0.29) is 5.57 Å². The van der Waals surface area contributed by atoms with E-state index in [0.717, 1.165) is 16.6 Å². The molecule has 5 nitrogen and oxygen atoms in total. The van der Waals surface area contributed by atoms with E-state index in [2.05, 4.69) is 21.3 Å².